The Hall–Kier alpha value is -2.98. The van der Waals surface area contributed by atoms with Crippen LogP contribution in [-0.4, -0.2) is 24.1 Å². The van der Waals surface area contributed by atoms with Gasteiger partial charge in [0, 0.05) is 23.0 Å². The van der Waals surface area contributed by atoms with Crippen molar-refractivity contribution in [1.82, 2.24) is 10.6 Å². The highest BCUT2D eigenvalue weighted by atomic mass is 79.9. The highest BCUT2D eigenvalue weighted by molar-refractivity contribution is 9.10. The standard InChI is InChI=1S/C24H22BrFN2O3/c1-2-11-27-22(30)23(31)28-15-16-5-3-4-6-20(16)21(29)7-8-24(9-10-24)17-12-18(25)14-19(26)13-17/h1,3-6,12-14H,7-11,15H2,(H,27,30)(H,28,31). The van der Waals surface area contributed by atoms with Gasteiger partial charge in [-0.05, 0) is 54.0 Å². The third kappa shape index (κ3) is 5.80. The molecular weight excluding hydrogens is 463 g/mol. The monoisotopic (exact) mass is 484 g/mol. The maximum Gasteiger partial charge on any atom is 0.310 e. The van der Waals surface area contributed by atoms with E-state index in [0.717, 1.165) is 18.4 Å². The van der Waals surface area contributed by atoms with Crippen molar-refractivity contribution in [2.75, 3.05) is 6.54 Å². The molecule has 2 aromatic carbocycles. The predicted octanol–water partition coefficient (Wildman–Crippen LogP) is 3.65. The second-order valence-electron chi connectivity index (χ2n) is 7.59. The van der Waals surface area contributed by atoms with Crippen LogP contribution in [0.25, 0.3) is 0 Å². The van der Waals surface area contributed by atoms with Crippen LogP contribution in [0.4, 0.5) is 4.39 Å². The Morgan fingerprint density at radius 2 is 1.81 bits per heavy atom. The zero-order valence-electron chi connectivity index (χ0n) is 16.8. The molecule has 1 fully saturated rings. The molecule has 5 nitrogen and oxygen atoms in total. The van der Waals surface area contributed by atoms with Gasteiger partial charge in [-0.25, -0.2) is 4.39 Å². The highest BCUT2D eigenvalue weighted by Crippen LogP contribution is 2.52. The molecule has 0 radical (unpaired) electrons. The summed E-state index contributed by atoms with van der Waals surface area (Å²) in [6.45, 7) is 0.0111. The fraction of sp³-hybridized carbons (Fsp3) is 0.292. The number of hydrogen-bond donors (Lipinski definition) is 2. The van der Waals surface area contributed by atoms with Crippen LogP contribution >= 0.6 is 15.9 Å². The number of benzene rings is 2. The summed E-state index contributed by atoms with van der Waals surface area (Å²) < 4.78 is 14.5. The van der Waals surface area contributed by atoms with E-state index >= 15 is 0 Å². The van der Waals surface area contributed by atoms with E-state index < -0.39 is 11.8 Å². The molecular formula is C24H22BrFN2O3. The molecule has 0 spiro atoms. The minimum Gasteiger partial charge on any atom is -0.344 e. The van der Waals surface area contributed by atoms with Gasteiger partial charge in [0.2, 0.25) is 0 Å². The molecule has 0 atom stereocenters. The Bertz CT molecular complexity index is 1040. The summed E-state index contributed by atoms with van der Waals surface area (Å²) in [5.74, 6) is 0.237. The van der Waals surface area contributed by atoms with Crippen LogP contribution in [0.2, 0.25) is 0 Å². The van der Waals surface area contributed by atoms with Crippen LogP contribution in [0.15, 0.2) is 46.9 Å². The van der Waals surface area contributed by atoms with Gasteiger partial charge in [0.05, 0.1) is 6.54 Å². The summed E-state index contributed by atoms with van der Waals surface area (Å²) in [5, 5.41) is 4.80. The fourth-order valence-electron chi connectivity index (χ4n) is 3.60. The number of Topliss-reactive ketones (excluding diaryl/α,β-unsaturated/α-hetero) is 1. The van der Waals surface area contributed by atoms with Gasteiger partial charge >= 0.3 is 11.8 Å². The number of nitrogens with one attached hydrogen (secondary N) is 2. The molecule has 160 valence electrons. The van der Waals surface area contributed by atoms with Crippen LogP contribution in [0.1, 0.15) is 47.2 Å². The van der Waals surface area contributed by atoms with Crippen LogP contribution in [0, 0.1) is 18.2 Å². The smallest absolute Gasteiger partial charge is 0.310 e. The van der Waals surface area contributed by atoms with Gasteiger partial charge in [-0.15, -0.1) is 6.42 Å². The lowest BCUT2D eigenvalue weighted by molar-refractivity contribution is -0.139. The van der Waals surface area contributed by atoms with E-state index in [1.54, 1.807) is 24.3 Å². The van der Waals surface area contributed by atoms with E-state index in [4.69, 9.17) is 6.42 Å². The van der Waals surface area contributed by atoms with Crippen molar-refractivity contribution in [3.05, 3.63) is 69.4 Å². The lowest BCUT2D eigenvalue weighted by Gasteiger charge is -2.17. The van der Waals surface area contributed by atoms with Gasteiger partial charge in [0.25, 0.3) is 0 Å². The van der Waals surface area contributed by atoms with Gasteiger partial charge in [0.1, 0.15) is 5.82 Å². The molecule has 2 amide bonds. The van der Waals surface area contributed by atoms with Gasteiger partial charge in [-0.2, -0.15) is 0 Å². The SMILES string of the molecule is C#CCNC(=O)C(=O)NCc1ccccc1C(=O)CCC1(c2cc(F)cc(Br)c2)CC1. The summed E-state index contributed by atoms with van der Waals surface area (Å²) in [7, 11) is 0. The summed E-state index contributed by atoms with van der Waals surface area (Å²) in [4.78, 5) is 36.4. The minimum atomic E-state index is -0.821. The molecule has 1 aliphatic carbocycles. The first-order valence-electron chi connectivity index (χ1n) is 9.92. The molecule has 0 bridgehead atoms. The number of halogens is 2. The zero-order valence-corrected chi connectivity index (χ0v) is 18.4. The van der Waals surface area contributed by atoms with E-state index in [1.165, 1.54) is 12.1 Å². The predicted molar refractivity (Wildman–Crippen MR) is 119 cm³/mol. The van der Waals surface area contributed by atoms with Crippen molar-refractivity contribution < 1.29 is 18.8 Å². The molecule has 2 aromatic rings. The third-order valence-electron chi connectivity index (χ3n) is 5.47. The molecule has 31 heavy (non-hydrogen) atoms. The maximum atomic E-state index is 13.8. The third-order valence-corrected chi connectivity index (χ3v) is 5.93. The summed E-state index contributed by atoms with van der Waals surface area (Å²) in [6, 6.07) is 11.8. The van der Waals surface area contributed by atoms with Crippen LogP contribution in [0.3, 0.4) is 0 Å². The second-order valence-corrected chi connectivity index (χ2v) is 8.50. The molecule has 2 N–H and O–H groups in total. The van der Waals surface area contributed by atoms with Crippen LogP contribution in [0.5, 0.6) is 0 Å². The Labute approximate surface area is 188 Å². The molecule has 0 heterocycles. The van der Waals surface area contributed by atoms with E-state index in [1.807, 2.05) is 6.07 Å². The number of rotatable bonds is 8. The zero-order chi connectivity index (χ0) is 22.4. The van der Waals surface area contributed by atoms with Gasteiger partial charge in [-0.1, -0.05) is 46.1 Å². The Kier molecular flexibility index (Phi) is 7.24. The number of terminal acetylenes is 1. The first kappa shape index (κ1) is 22.7. The largest absolute Gasteiger partial charge is 0.344 e. The van der Waals surface area contributed by atoms with Crippen molar-refractivity contribution >= 4 is 33.5 Å². The minimum absolute atomic E-state index is 0.0367. The quantitative estimate of drug-likeness (QED) is 0.341. The summed E-state index contributed by atoms with van der Waals surface area (Å²) in [6.07, 6.45) is 7.82. The van der Waals surface area contributed by atoms with E-state index in [2.05, 4.69) is 32.5 Å². The van der Waals surface area contributed by atoms with Crippen molar-refractivity contribution in [3.8, 4) is 12.3 Å². The van der Waals surface area contributed by atoms with Crippen molar-refractivity contribution in [3.63, 3.8) is 0 Å². The molecule has 3 rings (SSSR count). The molecule has 0 saturated heterocycles. The average molecular weight is 485 g/mol. The summed E-state index contributed by atoms with van der Waals surface area (Å²) in [5.41, 5.74) is 1.87. The first-order valence-corrected chi connectivity index (χ1v) is 10.7. The Balaban J connectivity index is 1.63. The molecule has 7 heteroatoms. The Morgan fingerprint density at radius 3 is 2.48 bits per heavy atom. The summed E-state index contributed by atoms with van der Waals surface area (Å²) >= 11 is 3.33. The second kappa shape index (κ2) is 9.88. The van der Waals surface area contributed by atoms with Gasteiger partial charge in [0.15, 0.2) is 5.78 Å². The topological polar surface area (TPSA) is 75.3 Å². The lowest BCUT2D eigenvalue weighted by Crippen LogP contribution is -2.39. The van der Waals surface area contributed by atoms with E-state index in [9.17, 15) is 18.8 Å². The van der Waals surface area contributed by atoms with Crippen molar-refractivity contribution in [2.45, 2.75) is 37.6 Å². The van der Waals surface area contributed by atoms with Crippen LogP contribution in [-0.2, 0) is 21.5 Å². The number of amides is 2. The molecule has 1 saturated carbocycles. The number of carbonyl (C=O) groups is 3. The maximum absolute atomic E-state index is 13.8. The van der Waals surface area contributed by atoms with E-state index in [0.29, 0.717) is 28.4 Å². The number of ketones is 1. The molecule has 0 unspecified atom stereocenters. The molecule has 0 aliphatic heterocycles. The lowest BCUT2D eigenvalue weighted by atomic mass is 9.88. The normalized spacial score (nSPS) is 13.7. The van der Waals surface area contributed by atoms with Crippen molar-refractivity contribution in [1.29, 1.82) is 0 Å². The fourth-order valence-corrected chi connectivity index (χ4v) is 4.06. The van der Waals surface area contributed by atoms with Gasteiger partial charge in [-0.3, -0.25) is 14.4 Å². The first-order chi connectivity index (χ1) is 14.8. The highest BCUT2D eigenvalue weighted by Gasteiger charge is 2.44. The van der Waals surface area contributed by atoms with Crippen molar-refractivity contribution in [2.24, 2.45) is 0 Å². The molecule has 0 aromatic heterocycles. The van der Waals surface area contributed by atoms with E-state index in [-0.39, 0.29) is 30.1 Å². The molecule has 1 aliphatic rings. The van der Waals surface area contributed by atoms with Gasteiger partial charge < -0.3 is 10.6 Å². The Morgan fingerprint density at radius 1 is 1.10 bits per heavy atom. The van der Waals surface area contributed by atoms with Crippen LogP contribution < -0.4 is 10.6 Å². The number of hydrogen-bond acceptors (Lipinski definition) is 3. The average Bonchev–Trinajstić information content (AvgIpc) is 3.55. The number of carbonyl (C=O) groups excluding carboxylic acids is 3.